The smallest absolute Gasteiger partial charge is 0.369 e. The van der Waals surface area contributed by atoms with Crippen molar-refractivity contribution in [2.45, 2.75) is 32.0 Å². The maximum Gasteiger partial charge on any atom is 0.417 e. The van der Waals surface area contributed by atoms with Gasteiger partial charge in [-0.2, -0.15) is 18.3 Å². The number of halogens is 3. The van der Waals surface area contributed by atoms with Crippen molar-refractivity contribution in [3.63, 3.8) is 0 Å². The predicted octanol–water partition coefficient (Wildman–Crippen LogP) is 2.27. The van der Waals surface area contributed by atoms with Gasteiger partial charge in [0, 0.05) is 11.8 Å². The van der Waals surface area contributed by atoms with Gasteiger partial charge in [0.1, 0.15) is 0 Å². The summed E-state index contributed by atoms with van der Waals surface area (Å²) < 4.78 is 39.7. The standard InChI is InChI=1S/C13H18F3N5S/c1-7(2)6-22-11-4-10(13(14,15)16)9(5-19-11)8(3)20-21-12(17)18/h4-5,7H,6H2,1-3H3,(H4,17,18,21)/p+1/b20-8+. The molecule has 0 aliphatic heterocycles. The summed E-state index contributed by atoms with van der Waals surface area (Å²) in [4.78, 5) is 2.84. The fraction of sp³-hybridized carbons (Fsp3) is 0.462. The Bertz CT molecular complexity index is 578. The first-order chi connectivity index (χ1) is 10.1. The van der Waals surface area contributed by atoms with E-state index in [9.17, 15) is 13.2 Å². The largest absolute Gasteiger partial charge is 0.417 e. The van der Waals surface area contributed by atoms with Crippen LogP contribution in [-0.4, -0.2) is 17.4 Å². The number of H-pyrrole nitrogens is 1. The molecule has 5 N–H and O–H groups in total. The number of pyridine rings is 1. The summed E-state index contributed by atoms with van der Waals surface area (Å²) >= 11 is 1.33. The molecule has 0 spiro atoms. The molecule has 0 atom stereocenters. The van der Waals surface area contributed by atoms with Gasteiger partial charge in [0.05, 0.1) is 16.8 Å². The molecule has 0 unspecified atom stereocenters. The molecule has 0 aromatic carbocycles. The third-order valence-electron chi connectivity index (χ3n) is 2.51. The zero-order valence-electron chi connectivity index (χ0n) is 12.5. The van der Waals surface area contributed by atoms with Crippen molar-refractivity contribution in [2.75, 3.05) is 5.75 Å². The number of guanidine groups is 1. The maximum atomic E-state index is 13.2. The molecule has 0 bridgehead atoms. The second-order valence-electron chi connectivity index (χ2n) is 5.04. The van der Waals surface area contributed by atoms with Crippen LogP contribution in [-0.2, 0) is 6.18 Å². The lowest BCUT2D eigenvalue weighted by molar-refractivity contribution is -0.427. The van der Waals surface area contributed by atoms with Crippen LogP contribution >= 0.6 is 11.8 Å². The van der Waals surface area contributed by atoms with Gasteiger partial charge in [-0.15, -0.1) is 5.10 Å². The van der Waals surface area contributed by atoms with Crippen molar-refractivity contribution in [3.05, 3.63) is 23.4 Å². The third kappa shape index (κ3) is 5.55. The van der Waals surface area contributed by atoms with E-state index in [2.05, 4.69) is 15.2 Å². The monoisotopic (exact) mass is 334 g/mol. The van der Waals surface area contributed by atoms with Crippen LogP contribution in [0.1, 0.15) is 31.9 Å². The first kappa shape index (κ1) is 18.3. The molecule has 0 fully saturated rings. The number of hydrogen-bond donors (Lipinski definition) is 2. The van der Waals surface area contributed by atoms with E-state index in [1.54, 1.807) is 0 Å². The second-order valence-corrected chi connectivity index (χ2v) is 6.10. The van der Waals surface area contributed by atoms with E-state index in [-0.39, 0.29) is 17.2 Å². The van der Waals surface area contributed by atoms with E-state index in [0.717, 1.165) is 6.07 Å². The van der Waals surface area contributed by atoms with Gasteiger partial charge in [0.15, 0.2) is 6.20 Å². The van der Waals surface area contributed by atoms with Gasteiger partial charge >= 0.3 is 6.18 Å². The first-order valence-corrected chi connectivity index (χ1v) is 7.49. The van der Waals surface area contributed by atoms with Crippen LogP contribution in [0.5, 0.6) is 0 Å². The van der Waals surface area contributed by atoms with E-state index in [0.29, 0.717) is 16.7 Å². The fourth-order valence-electron chi connectivity index (χ4n) is 1.53. The molecule has 5 nitrogen and oxygen atoms in total. The van der Waals surface area contributed by atoms with Crippen molar-refractivity contribution in [3.8, 4) is 0 Å². The van der Waals surface area contributed by atoms with Gasteiger partial charge in [0.25, 0.3) is 0 Å². The minimum atomic E-state index is -4.49. The fourth-order valence-corrected chi connectivity index (χ4v) is 2.39. The van der Waals surface area contributed by atoms with Crippen molar-refractivity contribution in [1.29, 1.82) is 0 Å². The number of nitrogens with two attached hydrogens (primary N) is 2. The molecule has 0 saturated heterocycles. The van der Waals surface area contributed by atoms with Crippen LogP contribution in [0.2, 0.25) is 0 Å². The van der Waals surface area contributed by atoms with E-state index in [4.69, 9.17) is 11.5 Å². The van der Waals surface area contributed by atoms with E-state index in [1.165, 1.54) is 24.9 Å². The lowest BCUT2D eigenvalue weighted by Crippen LogP contribution is -2.22. The maximum absolute atomic E-state index is 13.2. The van der Waals surface area contributed by atoms with E-state index < -0.39 is 11.7 Å². The van der Waals surface area contributed by atoms with Gasteiger partial charge in [-0.25, -0.2) is 4.98 Å². The molecule has 0 aliphatic carbocycles. The minimum absolute atomic E-state index is 0.0670. The molecule has 1 rings (SSSR count). The van der Waals surface area contributed by atoms with Crippen molar-refractivity contribution >= 4 is 23.4 Å². The highest BCUT2D eigenvalue weighted by atomic mass is 32.2. The van der Waals surface area contributed by atoms with Crippen molar-refractivity contribution in [2.24, 2.45) is 27.6 Å². The average Bonchev–Trinajstić information content (AvgIpc) is 2.41. The van der Waals surface area contributed by atoms with Crippen molar-refractivity contribution in [1.82, 2.24) is 0 Å². The summed E-state index contributed by atoms with van der Waals surface area (Å²) in [6.45, 7) is 5.40. The Balaban J connectivity index is 3.23. The highest BCUT2D eigenvalue weighted by molar-refractivity contribution is 7.99. The van der Waals surface area contributed by atoms with Gasteiger partial charge < -0.3 is 11.5 Å². The van der Waals surface area contributed by atoms with Crippen LogP contribution in [0.3, 0.4) is 0 Å². The van der Waals surface area contributed by atoms with Gasteiger partial charge in [-0.1, -0.05) is 25.6 Å². The summed E-state index contributed by atoms with van der Waals surface area (Å²) in [5.74, 6) is 0.771. The first-order valence-electron chi connectivity index (χ1n) is 6.50. The molecule has 0 radical (unpaired) electrons. The Kier molecular flexibility index (Phi) is 6.21. The lowest BCUT2D eigenvalue weighted by Gasteiger charge is -2.11. The quantitative estimate of drug-likeness (QED) is 0.374. The molecule has 0 amide bonds. The zero-order valence-corrected chi connectivity index (χ0v) is 13.3. The molecule has 1 heterocycles. The van der Waals surface area contributed by atoms with Crippen LogP contribution < -0.4 is 16.5 Å². The number of nitrogens with one attached hydrogen (secondary N) is 1. The van der Waals surface area contributed by atoms with Crippen LogP contribution in [0.15, 0.2) is 27.5 Å². The Morgan fingerprint density at radius 3 is 2.45 bits per heavy atom. The van der Waals surface area contributed by atoms with Crippen LogP contribution in [0, 0.1) is 5.92 Å². The van der Waals surface area contributed by atoms with E-state index >= 15 is 0 Å². The predicted molar refractivity (Wildman–Crippen MR) is 81.6 cm³/mol. The van der Waals surface area contributed by atoms with Gasteiger partial charge in [-0.3, -0.25) is 0 Å². The third-order valence-corrected chi connectivity index (χ3v) is 3.89. The summed E-state index contributed by atoms with van der Waals surface area (Å²) in [7, 11) is 0. The molecular formula is C13H19F3N5S+. The molecular weight excluding hydrogens is 315 g/mol. The summed E-state index contributed by atoms with van der Waals surface area (Å²) in [6.07, 6.45) is -3.22. The van der Waals surface area contributed by atoms with Gasteiger partial charge in [-0.05, 0) is 12.8 Å². The average molecular weight is 334 g/mol. The zero-order chi connectivity index (χ0) is 16.9. The van der Waals surface area contributed by atoms with Crippen LogP contribution in [0.4, 0.5) is 13.2 Å². The highest BCUT2D eigenvalue weighted by Crippen LogP contribution is 2.33. The molecule has 9 heteroatoms. The molecule has 1 aromatic rings. The van der Waals surface area contributed by atoms with E-state index in [1.807, 2.05) is 13.8 Å². The summed E-state index contributed by atoms with van der Waals surface area (Å²) in [5, 5.41) is 7.42. The second kappa shape index (κ2) is 7.48. The molecule has 0 aliphatic rings. The topological polar surface area (TPSA) is 90.9 Å². The van der Waals surface area contributed by atoms with Crippen LogP contribution in [0.25, 0.3) is 0 Å². The lowest BCUT2D eigenvalue weighted by atomic mass is 10.1. The molecule has 22 heavy (non-hydrogen) atoms. The molecule has 122 valence electrons. The Morgan fingerprint density at radius 2 is 1.95 bits per heavy atom. The highest BCUT2D eigenvalue weighted by Gasteiger charge is 2.36. The Morgan fingerprint density at radius 1 is 1.32 bits per heavy atom. The number of rotatable bonds is 5. The molecule has 1 aromatic heterocycles. The SMILES string of the molecule is C/C(=N\N=C(N)N)c1c[nH+]c(SCC(C)C)cc1C(F)(F)F. The number of hydrogen-bond acceptors (Lipinski definition) is 3. The normalized spacial score (nSPS) is 12.6. The number of aromatic amines is 1. The minimum Gasteiger partial charge on any atom is -0.369 e. The Labute approximate surface area is 131 Å². The number of alkyl halides is 3. The number of nitrogens with zero attached hydrogens (tertiary/aromatic N) is 2. The summed E-state index contributed by atoms with van der Waals surface area (Å²) in [5.41, 5.74) is 9.45. The number of aromatic nitrogens is 1. The van der Waals surface area contributed by atoms with Gasteiger partial charge in [0.2, 0.25) is 11.0 Å². The summed E-state index contributed by atoms with van der Waals surface area (Å²) in [6, 6.07) is 1.08. The molecule has 0 saturated carbocycles. The number of thioether (sulfide) groups is 1. The van der Waals surface area contributed by atoms with Crippen molar-refractivity contribution < 1.29 is 18.2 Å². The Hall–Kier alpha value is -1.77.